The number of nitrogens with zero attached hydrogens (tertiary/aromatic N) is 2. The lowest BCUT2D eigenvalue weighted by Gasteiger charge is -2.37. The number of nitrogens with one attached hydrogen (secondary N) is 2. The van der Waals surface area contributed by atoms with E-state index in [2.05, 4.69) is 22.5 Å². The minimum atomic E-state index is -0.167. The van der Waals surface area contributed by atoms with Gasteiger partial charge in [0.2, 0.25) is 0 Å². The number of morpholine rings is 1. The van der Waals surface area contributed by atoms with E-state index >= 15 is 0 Å². The van der Waals surface area contributed by atoms with E-state index < -0.39 is 0 Å². The third-order valence-electron chi connectivity index (χ3n) is 6.68. The Balaban J connectivity index is 1.40. The Labute approximate surface area is 179 Å². The first-order valence-electron chi connectivity index (χ1n) is 11.4. The molecule has 0 spiro atoms. The molecule has 6 nitrogen and oxygen atoms in total. The van der Waals surface area contributed by atoms with Gasteiger partial charge in [0.15, 0.2) is 5.96 Å². The molecule has 0 aromatic heterocycles. The van der Waals surface area contributed by atoms with Crippen molar-refractivity contribution in [2.75, 3.05) is 59.2 Å². The van der Waals surface area contributed by atoms with Crippen LogP contribution in [0.1, 0.15) is 31.7 Å². The molecule has 1 aromatic rings. The number of ether oxygens (including phenoxy) is 2. The highest BCUT2D eigenvalue weighted by Gasteiger charge is 2.44. The van der Waals surface area contributed by atoms with Gasteiger partial charge in [0.25, 0.3) is 0 Å². The smallest absolute Gasteiger partial charge is 0.191 e. The lowest BCUT2D eigenvalue weighted by atomic mass is 9.96. The van der Waals surface area contributed by atoms with Crippen LogP contribution in [0.15, 0.2) is 29.3 Å². The van der Waals surface area contributed by atoms with Crippen LogP contribution in [0.2, 0.25) is 0 Å². The van der Waals surface area contributed by atoms with Crippen LogP contribution in [0.25, 0.3) is 0 Å². The third kappa shape index (κ3) is 5.31. The SMILES string of the molecule is CCNC(=NCC1(c2cccc(F)c2)CC1)NCC(C1CCOC1)N1CCOCC1. The number of aliphatic imine (C=N–C) groups is 1. The van der Waals surface area contributed by atoms with Crippen molar-refractivity contribution in [3.8, 4) is 0 Å². The van der Waals surface area contributed by atoms with Crippen molar-refractivity contribution in [1.29, 1.82) is 0 Å². The van der Waals surface area contributed by atoms with E-state index in [9.17, 15) is 4.39 Å². The van der Waals surface area contributed by atoms with Gasteiger partial charge >= 0.3 is 0 Å². The van der Waals surface area contributed by atoms with Gasteiger partial charge < -0.3 is 20.1 Å². The van der Waals surface area contributed by atoms with E-state index in [1.807, 2.05) is 6.07 Å². The topological polar surface area (TPSA) is 58.1 Å². The molecule has 2 saturated heterocycles. The van der Waals surface area contributed by atoms with Gasteiger partial charge in [0.1, 0.15) is 5.82 Å². The van der Waals surface area contributed by atoms with Crippen LogP contribution in [0, 0.1) is 11.7 Å². The second-order valence-corrected chi connectivity index (χ2v) is 8.71. The summed E-state index contributed by atoms with van der Waals surface area (Å²) in [4.78, 5) is 7.43. The number of benzene rings is 1. The highest BCUT2D eigenvalue weighted by molar-refractivity contribution is 5.79. The fourth-order valence-corrected chi connectivity index (χ4v) is 4.64. The molecule has 166 valence electrons. The van der Waals surface area contributed by atoms with Crippen LogP contribution in [0.5, 0.6) is 0 Å². The van der Waals surface area contributed by atoms with E-state index in [-0.39, 0.29) is 11.2 Å². The minimum Gasteiger partial charge on any atom is -0.381 e. The number of hydrogen-bond donors (Lipinski definition) is 2. The second-order valence-electron chi connectivity index (χ2n) is 8.71. The first-order valence-corrected chi connectivity index (χ1v) is 11.4. The second kappa shape index (κ2) is 10.1. The van der Waals surface area contributed by atoms with Crippen LogP contribution in [-0.4, -0.2) is 76.1 Å². The van der Waals surface area contributed by atoms with E-state index in [0.29, 0.717) is 18.5 Å². The zero-order valence-electron chi connectivity index (χ0n) is 18.0. The number of halogens is 1. The zero-order chi connectivity index (χ0) is 20.8. The predicted molar refractivity (Wildman–Crippen MR) is 116 cm³/mol. The molecule has 2 atom stereocenters. The van der Waals surface area contributed by atoms with Gasteiger partial charge in [-0.15, -0.1) is 0 Å². The molecule has 4 rings (SSSR count). The van der Waals surface area contributed by atoms with Crippen molar-refractivity contribution in [3.63, 3.8) is 0 Å². The van der Waals surface area contributed by atoms with Gasteiger partial charge in [-0.25, -0.2) is 4.39 Å². The summed E-state index contributed by atoms with van der Waals surface area (Å²) in [6, 6.07) is 7.41. The van der Waals surface area contributed by atoms with E-state index in [1.54, 1.807) is 12.1 Å². The Hall–Kier alpha value is -1.70. The fraction of sp³-hybridized carbons (Fsp3) is 0.696. The lowest BCUT2D eigenvalue weighted by Crippen LogP contribution is -2.53. The maximum atomic E-state index is 13.7. The summed E-state index contributed by atoms with van der Waals surface area (Å²) in [6.45, 7) is 9.65. The van der Waals surface area contributed by atoms with Crippen LogP contribution in [0.4, 0.5) is 4.39 Å². The van der Waals surface area contributed by atoms with E-state index in [0.717, 1.165) is 83.4 Å². The maximum Gasteiger partial charge on any atom is 0.191 e. The quantitative estimate of drug-likeness (QED) is 0.501. The molecule has 0 radical (unpaired) electrons. The van der Waals surface area contributed by atoms with Crippen molar-refractivity contribution in [3.05, 3.63) is 35.6 Å². The molecule has 2 heterocycles. The normalized spacial score (nSPS) is 25.1. The first-order chi connectivity index (χ1) is 14.7. The molecule has 1 saturated carbocycles. The number of rotatable bonds is 8. The lowest BCUT2D eigenvalue weighted by molar-refractivity contribution is 0.00246. The zero-order valence-corrected chi connectivity index (χ0v) is 18.0. The van der Waals surface area contributed by atoms with Crippen LogP contribution < -0.4 is 10.6 Å². The molecule has 2 aliphatic heterocycles. The minimum absolute atomic E-state index is 0.00659. The largest absolute Gasteiger partial charge is 0.381 e. The summed E-state index contributed by atoms with van der Waals surface area (Å²) in [7, 11) is 0. The monoisotopic (exact) mass is 418 g/mol. The Morgan fingerprint density at radius 3 is 2.73 bits per heavy atom. The summed E-state index contributed by atoms with van der Waals surface area (Å²) >= 11 is 0. The Morgan fingerprint density at radius 1 is 1.23 bits per heavy atom. The van der Waals surface area contributed by atoms with E-state index in [1.165, 1.54) is 6.07 Å². The molecule has 0 amide bonds. The van der Waals surface area contributed by atoms with E-state index in [4.69, 9.17) is 14.5 Å². The average Bonchev–Trinajstić information content (AvgIpc) is 3.38. The molecule has 1 aliphatic carbocycles. The molecular formula is C23H35FN4O2. The van der Waals surface area contributed by atoms with Crippen molar-refractivity contribution in [2.24, 2.45) is 10.9 Å². The Kier molecular flexibility index (Phi) is 7.23. The predicted octanol–water partition coefficient (Wildman–Crippen LogP) is 2.15. The molecule has 1 aromatic carbocycles. The van der Waals surface area contributed by atoms with Crippen molar-refractivity contribution in [1.82, 2.24) is 15.5 Å². The van der Waals surface area contributed by atoms with Crippen molar-refractivity contribution < 1.29 is 13.9 Å². The molecule has 30 heavy (non-hydrogen) atoms. The van der Waals surface area contributed by atoms with Crippen LogP contribution >= 0.6 is 0 Å². The molecule has 7 heteroatoms. The molecule has 3 fully saturated rings. The van der Waals surface area contributed by atoms with Gasteiger partial charge in [-0.05, 0) is 43.9 Å². The Bertz CT molecular complexity index is 713. The molecule has 3 aliphatic rings. The van der Waals surface area contributed by atoms with Gasteiger partial charge in [-0.3, -0.25) is 9.89 Å². The Morgan fingerprint density at radius 2 is 2.07 bits per heavy atom. The third-order valence-corrected chi connectivity index (χ3v) is 6.68. The highest BCUT2D eigenvalue weighted by Crippen LogP contribution is 2.48. The summed E-state index contributed by atoms with van der Waals surface area (Å²) < 4.78 is 24.9. The molecule has 2 N–H and O–H groups in total. The van der Waals surface area contributed by atoms with Crippen LogP contribution in [-0.2, 0) is 14.9 Å². The average molecular weight is 419 g/mol. The summed E-state index contributed by atoms with van der Waals surface area (Å²) in [5.41, 5.74) is 1.06. The van der Waals surface area contributed by atoms with Crippen LogP contribution in [0.3, 0.4) is 0 Å². The fourth-order valence-electron chi connectivity index (χ4n) is 4.64. The molecule has 2 unspecified atom stereocenters. The summed E-state index contributed by atoms with van der Waals surface area (Å²) in [6.07, 6.45) is 3.24. The molecular weight excluding hydrogens is 383 g/mol. The first kappa shape index (κ1) is 21.5. The van der Waals surface area contributed by atoms with Gasteiger partial charge in [0, 0.05) is 50.2 Å². The van der Waals surface area contributed by atoms with Gasteiger partial charge in [0.05, 0.1) is 26.4 Å². The maximum absolute atomic E-state index is 13.7. The summed E-state index contributed by atoms with van der Waals surface area (Å²) in [5.74, 6) is 1.22. The van der Waals surface area contributed by atoms with Gasteiger partial charge in [-0.2, -0.15) is 0 Å². The van der Waals surface area contributed by atoms with Crippen molar-refractivity contribution in [2.45, 2.75) is 37.6 Å². The van der Waals surface area contributed by atoms with Gasteiger partial charge in [-0.1, -0.05) is 12.1 Å². The standard InChI is InChI=1S/C23H35FN4O2/c1-2-25-22(27-17-23(7-8-23)19-4-3-5-20(24)14-19)26-15-21(18-6-11-30-16-18)28-9-12-29-13-10-28/h3-5,14,18,21H,2,6-13,15-17H2,1H3,(H2,25,26,27). The molecule has 0 bridgehead atoms. The summed E-state index contributed by atoms with van der Waals surface area (Å²) in [5, 5.41) is 6.97. The van der Waals surface area contributed by atoms with Crippen molar-refractivity contribution >= 4 is 5.96 Å². The number of guanidine groups is 1. The number of hydrogen-bond acceptors (Lipinski definition) is 4. The highest BCUT2D eigenvalue weighted by atomic mass is 19.1.